The summed E-state index contributed by atoms with van der Waals surface area (Å²) in [4.78, 5) is 40.0. The average Bonchev–Trinajstić information content (AvgIpc) is 3.34. The quantitative estimate of drug-likeness (QED) is 0.227. The second-order valence-electron chi connectivity index (χ2n) is 12.2. The first kappa shape index (κ1) is 33.9. The van der Waals surface area contributed by atoms with Crippen LogP contribution in [-0.2, 0) is 33.8 Å². The molecule has 0 saturated carbocycles. The number of sulfonamides is 1. The van der Waals surface area contributed by atoms with E-state index in [0.29, 0.717) is 5.56 Å². The number of rotatable bonds is 10. The first-order valence-corrected chi connectivity index (χ1v) is 16.6. The van der Waals surface area contributed by atoms with Crippen LogP contribution >= 0.6 is 0 Å². The Morgan fingerprint density at radius 2 is 1.58 bits per heavy atom. The number of benzene rings is 3. The number of alkyl carbamates (subject to hydrolysis) is 1. The van der Waals surface area contributed by atoms with Crippen molar-refractivity contribution < 1.29 is 37.0 Å². The normalized spacial score (nSPS) is 19.6. The number of carbonyl (C=O) groups is 3. The topological polar surface area (TPSA) is 128 Å². The number of fused-ring (bicyclic) bond motifs is 1. The van der Waals surface area contributed by atoms with Crippen molar-refractivity contribution in [2.45, 2.75) is 70.5 Å². The molecule has 1 aliphatic rings. The van der Waals surface area contributed by atoms with E-state index in [1.165, 1.54) is 12.1 Å². The summed E-state index contributed by atoms with van der Waals surface area (Å²) in [6.45, 7) is 10.3. The fourth-order valence-electron chi connectivity index (χ4n) is 5.82. The van der Waals surface area contributed by atoms with Crippen LogP contribution in [0.3, 0.4) is 0 Å². The molecule has 45 heavy (non-hydrogen) atoms. The summed E-state index contributed by atoms with van der Waals surface area (Å²) in [5, 5.41) is 4.83. The molecule has 0 aromatic heterocycles. The monoisotopic (exact) mass is 638 g/mol. The van der Waals surface area contributed by atoms with E-state index in [-0.39, 0.29) is 31.1 Å². The Hall–Kier alpha value is -3.96. The van der Waals surface area contributed by atoms with Crippen LogP contribution in [0, 0.1) is 18.8 Å². The highest BCUT2D eigenvalue weighted by atomic mass is 32.2. The molecule has 0 spiro atoms. The minimum absolute atomic E-state index is 0.000268. The highest BCUT2D eigenvalue weighted by molar-refractivity contribution is 7.89. The lowest BCUT2D eigenvalue weighted by atomic mass is 9.80. The number of ether oxygens (including phenoxy) is 3. The van der Waals surface area contributed by atoms with Gasteiger partial charge in [0.2, 0.25) is 10.0 Å². The molecule has 0 aliphatic carbocycles. The van der Waals surface area contributed by atoms with Crippen LogP contribution in [0.15, 0.2) is 71.6 Å². The van der Waals surface area contributed by atoms with Crippen molar-refractivity contribution in [1.82, 2.24) is 9.62 Å². The molecule has 0 radical (unpaired) electrons. The van der Waals surface area contributed by atoms with Gasteiger partial charge in [0.1, 0.15) is 11.6 Å². The lowest BCUT2D eigenvalue weighted by Gasteiger charge is -2.31. The molecule has 3 aromatic carbocycles. The van der Waals surface area contributed by atoms with E-state index >= 15 is 0 Å². The highest BCUT2D eigenvalue weighted by Gasteiger charge is 2.55. The SMILES string of the molecule is CCOC(=O)C[C@H]1[C@H]([C@H](NC(=O)OC(C)(C)C)c2ccc3ccccc3c2)CN(S(=O)(=O)c2ccc(C)cc2)[C@H]1C(=O)OCC. The van der Waals surface area contributed by atoms with Crippen molar-refractivity contribution in [3.8, 4) is 0 Å². The summed E-state index contributed by atoms with van der Waals surface area (Å²) in [6.07, 6.45) is -0.995. The van der Waals surface area contributed by atoms with Gasteiger partial charge in [0, 0.05) is 18.4 Å². The standard InChI is InChI=1S/C34H42N2O8S/c1-7-42-29(37)20-27-28(21-36(31(27)32(38)43-8-2)45(40,41)26-17-13-22(3)14-18-26)30(35-33(39)44-34(4,5)6)25-16-15-23-11-9-10-12-24(23)19-25/h9-19,27-28,30-31H,7-8,20-21H2,1-6H3,(H,35,39)/t27-,28+,30+,31+/m0/s1. The zero-order chi connectivity index (χ0) is 32.9. The van der Waals surface area contributed by atoms with Gasteiger partial charge >= 0.3 is 18.0 Å². The van der Waals surface area contributed by atoms with E-state index in [2.05, 4.69) is 5.32 Å². The second-order valence-corrected chi connectivity index (χ2v) is 14.0. The Bertz CT molecular complexity index is 1630. The molecule has 242 valence electrons. The smallest absolute Gasteiger partial charge is 0.408 e. The molecule has 1 fully saturated rings. The number of esters is 2. The van der Waals surface area contributed by atoms with Crippen LogP contribution < -0.4 is 5.32 Å². The molecule has 0 bridgehead atoms. The van der Waals surface area contributed by atoms with E-state index < -0.39 is 57.6 Å². The number of carbonyl (C=O) groups excluding carboxylic acids is 3. The van der Waals surface area contributed by atoms with E-state index in [9.17, 15) is 22.8 Å². The lowest BCUT2D eigenvalue weighted by Crippen LogP contribution is -2.45. The second kappa shape index (κ2) is 14.0. The van der Waals surface area contributed by atoms with Gasteiger partial charge in [0.25, 0.3) is 0 Å². The first-order chi connectivity index (χ1) is 21.2. The maximum atomic E-state index is 14.2. The van der Waals surface area contributed by atoms with Crippen molar-refractivity contribution in [3.63, 3.8) is 0 Å². The average molecular weight is 639 g/mol. The maximum Gasteiger partial charge on any atom is 0.408 e. The minimum Gasteiger partial charge on any atom is -0.466 e. The zero-order valence-corrected chi connectivity index (χ0v) is 27.4. The van der Waals surface area contributed by atoms with Crippen molar-refractivity contribution >= 4 is 38.8 Å². The van der Waals surface area contributed by atoms with Gasteiger partial charge in [0.15, 0.2) is 0 Å². The Morgan fingerprint density at radius 3 is 2.20 bits per heavy atom. The van der Waals surface area contributed by atoms with E-state index in [0.717, 1.165) is 20.6 Å². The minimum atomic E-state index is -4.25. The number of hydrogen-bond donors (Lipinski definition) is 1. The number of hydrogen-bond acceptors (Lipinski definition) is 8. The van der Waals surface area contributed by atoms with Crippen LogP contribution in [-0.4, -0.2) is 62.2 Å². The number of aryl methyl sites for hydroxylation is 1. The van der Waals surface area contributed by atoms with Gasteiger partial charge in [-0.1, -0.05) is 54.1 Å². The summed E-state index contributed by atoms with van der Waals surface area (Å²) in [7, 11) is -4.25. The van der Waals surface area contributed by atoms with E-state index in [1.807, 2.05) is 49.4 Å². The number of nitrogens with zero attached hydrogens (tertiary/aromatic N) is 1. The van der Waals surface area contributed by atoms with Gasteiger partial charge in [-0.15, -0.1) is 0 Å². The van der Waals surface area contributed by atoms with Gasteiger partial charge in [-0.3, -0.25) is 9.59 Å². The Balaban J connectivity index is 1.89. The van der Waals surface area contributed by atoms with Gasteiger partial charge < -0.3 is 19.5 Å². The molecule has 1 saturated heterocycles. The van der Waals surface area contributed by atoms with Gasteiger partial charge in [-0.25, -0.2) is 13.2 Å². The lowest BCUT2D eigenvalue weighted by molar-refractivity contribution is -0.150. The molecule has 1 heterocycles. The molecular formula is C34H42N2O8S. The van der Waals surface area contributed by atoms with Crippen molar-refractivity contribution in [3.05, 3.63) is 77.9 Å². The first-order valence-electron chi connectivity index (χ1n) is 15.1. The van der Waals surface area contributed by atoms with Crippen LogP contribution in [0.2, 0.25) is 0 Å². The maximum absolute atomic E-state index is 14.2. The third kappa shape index (κ3) is 8.01. The van der Waals surface area contributed by atoms with Gasteiger partial charge in [-0.05, 0) is 76.1 Å². The van der Waals surface area contributed by atoms with Gasteiger partial charge in [0.05, 0.1) is 30.6 Å². The molecule has 0 unspecified atom stereocenters. The zero-order valence-electron chi connectivity index (χ0n) is 26.6. The molecule has 3 aromatic rings. The van der Waals surface area contributed by atoms with Crippen LogP contribution in [0.1, 0.15) is 58.2 Å². The van der Waals surface area contributed by atoms with Crippen molar-refractivity contribution in [1.29, 1.82) is 0 Å². The summed E-state index contributed by atoms with van der Waals surface area (Å²) in [6, 6.07) is 17.5. The summed E-state index contributed by atoms with van der Waals surface area (Å²) >= 11 is 0. The fourth-order valence-corrected chi connectivity index (χ4v) is 7.48. The molecule has 1 N–H and O–H groups in total. The third-order valence-corrected chi connectivity index (χ3v) is 9.61. The summed E-state index contributed by atoms with van der Waals surface area (Å²) in [5.41, 5.74) is 0.718. The van der Waals surface area contributed by atoms with Crippen LogP contribution in [0.5, 0.6) is 0 Å². The number of amides is 1. The van der Waals surface area contributed by atoms with E-state index in [1.54, 1.807) is 46.8 Å². The van der Waals surface area contributed by atoms with Crippen LogP contribution in [0.25, 0.3) is 10.8 Å². The summed E-state index contributed by atoms with van der Waals surface area (Å²) < 4.78 is 45.8. The molecule has 1 amide bonds. The Labute approximate surface area is 265 Å². The molecule has 4 atom stereocenters. The predicted octanol–water partition coefficient (Wildman–Crippen LogP) is 5.54. The molecule has 11 heteroatoms. The van der Waals surface area contributed by atoms with Crippen LogP contribution in [0.4, 0.5) is 4.79 Å². The third-order valence-electron chi connectivity index (χ3n) is 7.75. The van der Waals surface area contributed by atoms with Crippen molar-refractivity contribution in [2.24, 2.45) is 11.8 Å². The summed E-state index contributed by atoms with van der Waals surface area (Å²) in [5.74, 6) is -3.03. The Morgan fingerprint density at radius 1 is 0.933 bits per heavy atom. The highest BCUT2D eigenvalue weighted by Crippen LogP contribution is 2.44. The predicted molar refractivity (Wildman–Crippen MR) is 170 cm³/mol. The van der Waals surface area contributed by atoms with E-state index in [4.69, 9.17) is 14.2 Å². The molecule has 10 nitrogen and oxygen atoms in total. The number of nitrogens with one attached hydrogen (secondary N) is 1. The molecule has 4 rings (SSSR count). The molecular weight excluding hydrogens is 596 g/mol. The Kier molecular flexibility index (Phi) is 10.5. The molecule has 1 aliphatic heterocycles. The fraction of sp³-hybridized carbons (Fsp3) is 0.441. The van der Waals surface area contributed by atoms with Crippen molar-refractivity contribution in [2.75, 3.05) is 19.8 Å². The largest absolute Gasteiger partial charge is 0.466 e. The van der Waals surface area contributed by atoms with Gasteiger partial charge in [-0.2, -0.15) is 4.31 Å².